The second-order valence-electron chi connectivity index (χ2n) is 3.70. The predicted octanol–water partition coefficient (Wildman–Crippen LogP) is 1.97. The number of hydrogen-bond acceptors (Lipinski definition) is 3. The van der Waals surface area contributed by atoms with E-state index in [1.807, 2.05) is 17.6 Å². The first-order valence-corrected chi connectivity index (χ1v) is 5.06. The Balaban J connectivity index is 2.23. The summed E-state index contributed by atoms with van der Waals surface area (Å²) in [7, 11) is 0. The summed E-state index contributed by atoms with van der Waals surface area (Å²) in [5.41, 5.74) is 5.29. The second kappa shape index (κ2) is 3.98. The van der Waals surface area contributed by atoms with E-state index < -0.39 is 0 Å². The highest BCUT2D eigenvalue weighted by Crippen LogP contribution is 2.22. The molecule has 1 N–H and O–H groups in total. The van der Waals surface area contributed by atoms with Gasteiger partial charge < -0.3 is 10.7 Å². The molecular formula is C11H15N2O-. The first-order valence-electron chi connectivity index (χ1n) is 5.06. The van der Waals surface area contributed by atoms with Gasteiger partial charge in [0.25, 0.3) is 0 Å². The topological polar surface area (TPSA) is 38.3 Å². The van der Waals surface area contributed by atoms with E-state index in [4.69, 9.17) is 0 Å². The molecule has 1 aliphatic rings. The van der Waals surface area contributed by atoms with Crippen molar-refractivity contribution in [2.24, 2.45) is 0 Å². The zero-order chi connectivity index (χ0) is 9.97. The standard InChI is InChI=1S/C11H15N2O/c1-2-13-6-5-9-7-11(12-14)4-3-10(9)8-13/h3-4,7,12H,2,5-6,8H2,1H3/q-1. The normalized spacial score (nSPS) is 16.4. The molecule has 0 bridgehead atoms. The average Bonchev–Trinajstić information content (AvgIpc) is 2.27. The third-order valence-corrected chi connectivity index (χ3v) is 2.86. The molecule has 14 heavy (non-hydrogen) atoms. The highest BCUT2D eigenvalue weighted by Gasteiger charge is 2.14. The Bertz CT molecular complexity index is 325. The molecule has 0 saturated carbocycles. The Kier molecular flexibility index (Phi) is 2.70. The van der Waals surface area contributed by atoms with Gasteiger partial charge in [-0.1, -0.05) is 13.0 Å². The summed E-state index contributed by atoms with van der Waals surface area (Å²) in [5.74, 6) is 0. The molecule has 2 rings (SSSR count). The van der Waals surface area contributed by atoms with Gasteiger partial charge in [0.2, 0.25) is 0 Å². The lowest BCUT2D eigenvalue weighted by Crippen LogP contribution is -2.30. The molecule has 0 spiro atoms. The van der Waals surface area contributed by atoms with E-state index in [1.165, 1.54) is 11.1 Å². The average molecular weight is 191 g/mol. The van der Waals surface area contributed by atoms with Gasteiger partial charge in [0.05, 0.1) is 0 Å². The Hall–Kier alpha value is -1.06. The van der Waals surface area contributed by atoms with Gasteiger partial charge in [0, 0.05) is 18.8 Å². The van der Waals surface area contributed by atoms with Crippen molar-refractivity contribution >= 4 is 5.69 Å². The van der Waals surface area contributed by atoms with Crippen LogP contribution in [-0.2, 0) is 13.0 Å². The number of nitrogens with one attached hydrogen (secondary N) is 1. The molecule has 3 nitrogen and oxygen atoms in total. The van der Waals surface area contributed by atoms with E-state index in [-0.39, 0.29) is 0 Å². The maximum Gasteiger partial charge on any atom is 0.0236 e. The Morgan fingerprint density at radius 1 is 1.43 bits per heavy atom. The summed E-state index contributed by atoms with van der Waals surface area (Å²) in [6.45, 7) is 5.40. The van der Waals surface area contributed by atoms with Crippen LogP contribution >= 0.6 is 0 Å². The lowest BCUT2D eigenvalue weighted by Gasteiger charge is -2.28. The van der Waals surface area contributed by atoms with E-state index in [2.05, 4.69) is 17.9 Å². The van der Waals surface area contributed by atoms with Gasteiger partial charge in [0.15, 0.2) is 0 Å². The molecule has 0 aromatic heterocycles. The van der Waals surface area contributed by atoms with Crippen LogP contribution in [0.2, 0.25) is 0 Å². The van der Waals surface area contributed by atoms with E-state index in [0.717, 1.165) is 26.1 Å². The van der Waals surface area contributed by atoms with Crippen LogP contribution in [0.5, 0.6) is 0 Å². The van der Waals surface area contributed by atoms with Crippen molar-refractivity contribution in [1.29, 1.82) is 0 Å². The number of fused-ring (bicyclic) bond motifs is 1. The molecule has 0 fully saturated rings. The summed E-state index contributed by atoms with van der Waals surface area (Å²) >= 11 is 0. The van der Waals surface area contributed by atoms with Crippen LogP contribution in [0.3, 0.4) is 0 Å². The molecule has 0 radical (unpaired) electrons. The molecule has 1 aliphatic heterocycles. The van der Waals surface area contributed by atoms with Crippen molar-refractivity contribution in [3.63, 3.8) is 0 Å². The monoisotopic (exact) mass is 191 g/mol. The Morgan fingerprint density at radius 2 is 2.29 bits per heavy atom. The van der Waals surface area contributed by atoms with Crippen molar-refractivity contribution in [2.45, 2.75) is 19.9 Å². The van der Waals surface area contributed by atoms with Gasteiger partial charge >= 0.3 is 0 Å². The Morgan fingerprint density at radius 3 is 3.00 bits per heavy atom. The predicted molar refractivity (Wildman–Crippen MR) is 58.1 cm³/mol. The minimum atomic E-state index is 0.675. The van der Waals surface area contributed by atoms with Crippen LogP contribution in [0.4, 0.5) is 5.69 Å². The maximum atomic E-state index is 10.5. The van der Waals surface area contributed by atoms with E-state index in [0.29, 0.717) is 5.69 Å². The summed E-state index contributed by atoms with van der Waals surface area (Å²) in [5, 5.41) is 10.5. The van der Waals surface area contributed by atoms with E-state index >= 15 is 0 Å². The fourth-order valence-electron chi connectivity index (χ4n) is 1.94. The van der Waals surface area contributed by atoms with Crippen LogP contribution in [-0.4, -0.2) is 18.0 Å². The highest BCUT2D eigenvalue weighted by molar-refractivity contribution is 5.49. The number of benzene rings is 1. The fraction of sp³-hybridized carbons (Fsp3) is 0.455. The molecule has 0 aliphatic carbocycles. The lowest BCUT2D eigenvalue weighted by atomic mass is 9.99. The third-order valence-electron chi connectivity index (χ3n) is 2.86. The molecule has 0 unspecified atom stereocenters. The minimum Gasteiger partial charge on any atom is -0.761 e. The van der Waals surface area contributed by atoms with E-state index in [1.54, 1.807) is 0 Å². The largest absolute Gasteiger partial charge is 0.761 e. The maximum absolute atomic E-state index is 10.5. The van der Waals surface area contributed by atoms with Gasteiger partial charge in [-0.2, -0.15) is 0 Å². The van der Waals surface area contributed by atoms with Crippen molar-refractivity contribution < 1.29 is 0 Å². The number of hydrogen-bond donors (Lipinski definition) is 1. The quantitative estimate of drug-likeness (QED) is 0.726. The number of rotatable bonds is 2. The van der Waals surface area contributed by atoms with Crippen LogP contribution in [0, 0.1) is 5.21 Å². The number of likely N-dealkylation sites (N-methyl/N-ethyl adjacent to an activating group) is 1. The smallest absolute Gasteiger partial charge is 0.0236 e. The summed E-state index contributed by atoms with van der Waals surface area (Å²) < 4.78 is 0. The van der Waals surface area contributed by atoms with Crippen molar-refractivity contribution in [2.75, 3.05) is 18.6 Å². The van der Waals surface area contributed by atoms with Crippen molar-refractivity contribution in [3.8, 4) is 0 Å². The number of nitrogens with zero attached hydrogens (tertiary/aromatic N) is 1. The zero-order valence-corrected chi connectivity index (χ0v) is 8.42. The molecule has 0 amide bonds. The molecule has 1 aromatic rings. The Labute approximate surface area is 84.3 Å². The highest BCUT2D eigenvalue weighted by atomic mass is 16.5. The van der Waals surface area contributed by atoms with Crippen LogP contribution < -0.4 is 5.48 Å². The lowest BCUT2D eigenvalue weighted by molar-refractivity contribution is 0.268. The zero-order valence-electron chi connectivity index (χ0n) is 8.42. The molecule has 1 aromatic carbocycles. The summed E-state index contributed by atoms with van der Waals surface area (Å²) in [4.78, 5) is 2.41. The van der Waals surface area contributed by atoms with Gasteiger partial charge in [-0.15, -0.1) is 0 Å². The summed E-state index contributed by atoms with van der Waals surface area (Å²) in [6.07, 6.45) is 1.05. The second-order valence-corrected chi connectivity index (χ2v) is 3.70. The minimum absolute atomic E-state index is 0.675. The van der Waals surface area contributed by atoms with Crippen LogP contribution in [0.25, 0.3) is 0 Å². The SMILES string of the molecule is CCN1CCc2cc(N[O-])ccc2C1. The van der Waals surface area contributed by atoms with Gasteiger partial charge in [-0.3, -0.25) is 4.90 Å². The molecule has 76 valence electrons. The van der Waals surface area contributed by atoms with Gasteiger partial charge in [-0.05, 0) is 36.2 Å². The third kappa shape index (κ3) is 1.74. The van der Waals surface area contributed by atoms with Gasteiger partial charge in [-0.25, -0.2) is 0 Å². The first-order chi connectivity index (χ1) is 6.83. The van der Waals surface area contributed by atoms with Crippen molar-refractivity contribution in [1.82, 2.24) is 4.90 Å². The number of anilines is 1. The molecule has 0 atom stereocenters. The first kappa shape index (κ1) is 9.49. The fourth-order valence-corrected chi connectivity index (χ4v) is 1.94. The van der Waals surface area contributed by atoms with E-state index in [9.17, 15) is 5.21 Å². The molecule has 3 heteroatoms. The summed E-state index contributed by atoms with van der Waals surface area (Å²) in [6, 6.07) is 5.87. The van der Waals surface area contributed by atoms with Crippen LogP contribution in [0.1, 0.15) is 18.1 Å². The molecule has 1 heterocycles. The van der Waals surface area contributed by atoms with Crippen LogP contribution in [0.15, 0.2) is 18.2 Å². The van der Waals surface area contributed by atoms with Crippen molar-refractivity contribution in [3.05, 3.63) is 34.5 Å². The van der Waals surface area contributed by atoms with Gasteiger partial charge in [0.1, 0.15) is 0 Å². The molecular weight excluding hydrogens is 176 g/mol. The molecule has 0 saturated heterocycles.